The molecule has 4 nitrogen and oxygen atoms in total. The van der Waals surface area contributed by atoms with Crippen molar-refractivity contribution in [3.63, 3.8) is 0 Å². The van der Waals surface area contributed by atoms with Gasteiger partial charge in [0.1, 0.15) is 11.9 Å². The highest BCUT2D eigenvalue weighted by atomic mass is 35.5. The molecule has 0 amide bonds. The van der Waals surface area contributed by atoms with Crippen LogP contribution in [0, 0.1) is 0 Å². The maximum absolute atomic E-state index is 12.3. The normalized spacial score (nSPS) is 19.4. The lowest BCUT2D eigenvalue weighted by molar-refractivity contribution is -0.146. The Morgan fingerprint density at radius 3 is 2.96 bits per heavy atom. The van der Waals surface area contributed by atoms with Gasteiger partial charge in [-0.3, -0.25) is 0 Å². The number of fused-ring (bicyclic) bond motifs is 1. The molecule has 1 unspecified atom stereocenters. The molecule has 0 saturated heterocycles. The van der Waals surface area contributed by atoms with Crippen LogP contribution in [0.15, 0.2) is 35.7 Å². The first-order valence-corrected chi connectivity index (χ1v) is 8.67. The van der Waals surface area contributed by atoms with Crippen molar-refractivity contribution in [1.29, 1.82) is 0 Å². The highest BCUT2D eigenvalue weighted by molar-refractivity contribution is 5.85. The highest BCUT2D eigenvalue weighted by Crippen LogP contribution is 2.34. The fourth-order valence-electron chi connectivity index (χ4n) is 3.42. The standard InChI is InChI=1S/C19H26N2O2.ClH/c1-3-4-12-23-19(22)16-10-7-9-15-13-14-8-5-6-11-17(14)21(2)18(15)20-16;/h5-6,8,11,16,20H,3-4,7,9-10,12-13H2,1-2H3;1H. The van der Waals surface area contributed by atoms with E-state index in [4.69, 9.17) is 4.74 Å². The molecule has 132 valence electrons. The number of carbonyl (C=O) groups excluding carboxylic acids is 1. The lowest BCUT2D eigenvalue weighted by Crippen LogP contribution is -2.42. The maximum Gasteiger partial charge on any atom is 0.328 e. The predicted octanol–water partition coefficient (Wildman–Crippen LogP) is 3.80. The van der Waals surface area contributed by atoms with Gasteiger partial charge in [0.05, 0.1) is 6.61 Å². The Bertz CT molecular complexity index is 615. The molecule has 2 aliphatic rings. The summed E-state index contributed by atoms with van der Waals surface area (Å²) >= 11 is 0. The van der Waals surface area contributed by atoms with Crippen molar-refractivity contribution in [2.24, 2.45) is 0 Å². The van der Waals surface area contributed by atoms with E-state index in [0.29, 0.717) is 6.61 Å². The number of esters is 1. The van der Waals surface area contributed by atoms with Gasteiger partial charge in [-0.15, -0.1) is 12.4 Å². The number of anilines is 1. The average Bonchev–Trinajstić information content (AvgIpc) is 2.78. The average molecular weight is 351 g/mol. The summed E-state index contributed by atoms with van der Waals surface area (Å²) in [6, 6.07) is 8.26. The van der Waals surface area contributed by atoms with Gasteiger partial charge in [0.2, 0.25) is 0 Å². The van der Waals surface area contributed by atoms with Gasteiger partial charge in [0, 0.05) is 12.7 Å². The summed E-state index contributed by atoms with van der Waals surface area (Å²) < 4.78 is 5.42. The van der Waals surface area contributed by atoms with Crippen molar-refractivity contribution in [1.82, 2.24) is 5.32 Å². The third-order valence-electron chi connectivity index (χ3n) is 4.74. The van der Waals surface area contributed by atoms with E-state index in [0.717, 1.165) is 44.3 Å². The Balaban J connectivity index is 0.00000208. The first-order valence-electron chi connectivity index (χ1n) is 8.67. The molecule has 0 spiro atoms. The highest BCUT2D eigenvalue weighted by Gasteiger charge is 2.30. The number of hydrogen-bond acceptors (Lipinski definition) is 4. The molecule has 1 N–H and O–H groups in total. The van der Waals surface area contributed by atoms with Gasteiger partial charge in [-0.1, -0.05) is 31.5 Å². The summed E-state index contributed by atoms with van der Waals surface area (Å²) in [5, 5.41) is 3.47. The Hall–Kier alpha value is -1.68. The lowest BCUT2D eigenvalue weighted by Gasteiger charge is -2.33. The van der Waals surface area contributed by atoms with Crippen molar-refractivity contribution >= 4 is 24.1 Å². The van der Waals surface area contributed by atoms with Gasteiger partial charge in [-0.2, -0.15) is 0 Å². The van der Waals surface area contributed by atoms with Gasteiger partial charge in [-0.25, -0.2) is 4.79 Å². The molecule has 0 aliphatic carbocycles. The number of nitrogens with zero attached hydrogens (tertiary/aromatic N) is 1. The Kier molecular flexibility index (Phi) is 6.55. The van der Waals surface area contributed by atoms with Gasteiger partial charge in [0.25, 0.3) is 0 Å². The van der Waals surface area contributed by atoms with E-state index in [-0.39, 0.29) is 24.4 Å². The zero-order chi connectivity index (χ0) is 16.2. The van der Waals surface area contributed by atoms with Crippen molar-refractivity contribution in [2.75, 3.05) is 18.6 Å². The summed E-state index contributed by atoms with van der Waals surface area (Å²) in [5.74, 6) is 0.984. The fourth-order valence-corrected chi connectivity index (χ4v) is 3.42. The molecule has 2 aliphatic heterocycles. The van der Waals surface area contributed by atoms with Crippen LogP contribution in [0.25, 0.3) is 0 Å². The quantitative estimate of drug-likeness (QED) is 0.662. The number of nitrogens with one attached hydrogen (secondary N) is 1. The topological polar surface area (TPSA) is 41.6 Å². The van der Waals surface area contributed by atoms with Crippen molar-refractivity contribution in [3.8, 4) is 0 Å². The van der Waals surface area contributed by atoms with Crippen LogP contribution in [0.5, 0.6) is 0 Å². The van der Waals surface area contributed by atoms with E-state index < -0.39 is 0 Å². The third-order valence-corrected chi connectivity index (χ3v) is 4.74. The zero-order valence-corrected chi connectivity index (χ0v) is 15.3. The minimum Gasteiger partial charge on any atom is -0.464 e. The molecule has 0 saturated carbocycles. The lowest BCUT2D eigenvalue weighted by atomic mass is 9.95. The van der Waals surface area contributed by atoms with E-state index in [1.165, 1.54) is 16.8 Å². The largest absolute Gasteiger partial charge is 0.464 e. The summed E-state index contributed by atoms with van der Waals surface area (Å²) in [7, 11) is 2.07. The van der Waals surface area contributed by atoms with Crippen LogP contribution in [0.2, 0.25) is 0 Å². The molecule has 1 aromatic carbocycles. The minimum atomic E-state index is -0.230. The first-order chi connectivity index (χ1) is 11.2. The first kappa shape index (κ1) is 18.7. The number of benzene rings is 1. The van der Waals surface area contributed by atoms with Crippen LogP contribution in [-0.4, -0.2) is 25.7 Å². The van der Waals surface area contributed by atoms with Crippen molar-refractivity contribution in [3.05, 3.63) is 41.2 Å². The van der Waals surface area contributed by atoms with Crippen molar-refractivity contribution in [2.45, 2.75) is 51.5 Å². The van der Waals surface area contributed by atoms with E-state index in [1.807, 2.05) is 0 Å². The Morgan fingerprint density at radius 1 is 1.38 bits per heavy atom. The summed E-state index contributed by atoms with van der Waals surface area (Å²) in [4.78, 5) is 14.5. The molecule has 0 aromatic heterocycles. The summed E-state index contributed by atoms with van der Waals surface area (Å²) in [6.45, 7) is 2.63. The molecule has 1 atom stereocenters. The molecule has 1 aromatic rings. The number of ether oxygens (including phenoxy) is 1. The van der Waals surface area contributed by atoms with Crippen LogP contribution in [0.1, 0.15) is 44.6 Å². The molecule has 5 heteroatoms. The smallest absolute Gasteiger partial charge is 0.328 e. The van der Waals surface area contributed by atoms with E-state index >= 15 is 0 Å². The van der Waals surface area contributed by atoms with Crippen LogP contribution in [-0.2, 0) is 16.0 Å². The van der Waals surface area contributed by atoms with Crippen LogP contribution >= 0.6 is 12.4 Å². The Labute approximate surface area is 150 Å². The summed E-state index contributed by atoms with van der Waals surface area (Å²) in [5.41, 5.74) is 3.98. The predicted molar refractivity (Wildman–Crippen MR) is 99.5 cm³/mol. The number of allylic oxidation sites excluding steroid dienone is 1. The number of unbranched alkanes of at least 4 members (excludes halogenated alkanes) is 1. The molecular weight excluding hydrogens is 324 g/mol. The molecule has 3 rings (SSSR count). The third kappa shape index (κ3) is 3.86. The molecule has 0 bridgehead atoms. The van der Waals surface area contributed by atoms with E-state index in [2.05, 4.69) is 48.5 Å². The van der Waals surface area contributed by atoms with Crippen LogP contribution < -0.4 is 10.2 Å². The molecule has 0 radical (unpaired) electrons. The second-order valence-electron chi connectivity index (χ2n) is 6.43. The summed E-state index contributed by atoms with van der Waals surface area (Å²) in [6.07, 6.45) is 5.84. The second-order valence-corrected chi connectivity index (χ2v) is 6.43. The number of hydrogen-bond donors (Lipinski definition) is 1. The SMILES string of the molecule is CCCCOC(=O)C1CCCC2=C(N1)N(C)c1ccccc1C2.Cl. The van der Waals surface area contributed by atoms with E-state index in [1.54, 1.807) is 0 Å². The second kappa shape index (κ2) is 8.43. The van der Waals surface area contributed by atoms with Gasteiger partial charge in [-0.05, 0) is 49.3 Å². The maximum atomic E-state index is 12.3. The van der Waals surface area contributed by atoms with Crippen LogP contribution in [0.4, 0.5) is 5.69 Å². The fraction of sp³-hybridized carbons (Fsp3) is 0.526. The van der Waals surface area contributed by atoms with Gasteiger partial charge < -0.3 is 15.0 Å². The monoisotopic (exact) mass is 350 g/mol. The number of para-hydroxylation sites is 1. The minimum absolute atomic E-state index is 0. The van der Waals surface area contributed by atoms with E-state index in [9.17, 15) is 4.79 Å². The molecule has 2 heterocycles. The van der Waals surface area contributed by atoms with Gasteiger partial charge in [0.15, 0.2) is 0 Å². The number of halogens is 1. The number of rotatable bonds is 4. The number of carbonyl (C=O) groups is 1. The van der Waals surface area contributed by atoms with Gasteiger partial charge >= 0.3 is 5.97 Å². The Morgan fingerprint density at radius 2 is 2.17 bits per heavy atom. The van der Waals surface area contributed by atoms with Crippen molar-refractivity contribution < 1.29 is 9.53 Å². The molecule has 0 fully saturated rings. The molecule has 24 heavy (non-hydrogen) atoms. The molecular formula is C19H27ClN2O2. The zero-order valence-electron chi connectivity index (χ0n) is 14.5. The van der Waals surface area contributed by atoms with Crippen LogP contribution in [0.3, 0.4) is 0 Å².